The zero-order valence-corrected chi connectivity index (χ0v) is 13.7. The molecule has 2 aliphatic heterocycles. The molecule has 0 aromatic carbocycles. The van der Waals surface area contributed by atoms with Crippen molar-refractivity contribution in [3.8, 4) is 0 Å². The minimum atomic E-state index is 0.0508. The summed E-state index contributed by atoms with van der Waals surface area (Å²) in [5.74, 6) is 1.15. The first-order valence-electron chi connectivity index (χ1n) is 8.00. The Morgan fingerprint density at radius 2 is 2.35 bits per heavy atom. The molecule has 0 aliphatic carbocycles. The first-order valence-corrected chi connectivity index (χ1v) is 8.98. The Hall–Kier alpha value is -1.80. The summed E-state index contributed by atoms with van der Waals surface area (Å²) < 4.78 is 4.18. The molecule has 0 bridgehead atoms. The van der Waals surface area contributed by atoms with Gasteiger partial charge in [-0.25, -0.2) is 4.98 Å². The molecule has 8 heteroatoms. The fraction of sp³-hybridized carbons (Fsp3) is 0.533. The Morgan fingerprint density at radius 3 is 3.22 bits per heavy atom. The van der Waals surface area contributed by atoms with Crippen molar-refractivity contribution in [2.45, 2.75) is 44.2 Å². The summed E-state index contributed by atoms with van der Waals surface area (Å²) in [5.41, 5.74) is 3.14. The highest BCUT2D eigenvalue weighted by atomic mass is 32.2. The predicted octanol–water partition coefficient (Wildman–Crippen LogP) is 0.537. The molecule has 23 heavy (non-hydrogen) atoms. The summed E-state index contributed by atoms with van der Waals surface area (Å²) in [6.45, 7) is 4.25. The molecule has 0 saturated carbocycles. The van der Waals surface area contributed by atoms with Crippen LogP contribution in [0.5, 0.6) is 0 Å². The zero-order valence-electron chi connectivity index (χ0n) is 12.9. The number of thioether (sulfide) groups is 1. The van der Waals surface area contributed by atoms with Gasteiger partial charge in [0.25, 0.3) is 0 Å². The van der Waals surface area contributed by atoms with Crippen molar-refractivity contribution in [3.05, 3.63) is 29.3 Å². The van der Waals surface area contributed by atoms with E-state index in [-0.39, 0.29) is 5.91 Å². The maximum atomic E-state index is 12.0. The van der Waals surface area contributed by atoms with Crippen LogP contribution in [-0.2, 0) is 37.4 Å². The van der Waals surface area contributed by atoms with Gasteiger partial charge in [0.15, 0.2) is 5.16 Å². The summed E-state index contributed by atoms with van der Waals surface area (Å²) in [6, 6.07) is 2.09. The largest absolute Gasteiger partial charge is 0.350 e. The monoisotopic (exact) mass is 332 g/mol. The van der Waals surface area contributed by atoms with E-state index in [1.807, 2.05) is 10.9 Å². The van der Waals surface area contributed by atoms with Gasteiger partial charge in [-0.15, -0.1) is 0 Å². The Morgan fingerprint density at radius 1 is 1.39 bits per heavy atom. The second-order valence-corrected chi connectivity index (χ2v) is 6.92. The van der Waals surface area contributed by atoms with Crippen LogP contribution in [0.3, 0.4) is 0 Å². The molecule has 0 fully saturated rings. The minimum Gasteiger partial charge on any atom is -0.350 e. The lowest BCUT2D eigenvalue weighted by Crippen LogP contribution is -2.28. The van der Waals surface area contributed by atoms with E-state index in [0.717, 1.165) is 48.5 Å². The first-order chi connectivity index (χ1) is 11.3. The number of aromatic nitrogens is 4. The predicted molar refractivity (Wildman–Crippen MR) is 87.1 cm³/mol. The molecule has 2 aromatic rings. The van der Waals surface area contributed by atoms with Crippen LogP contribution in [0, 0.1) is 0 Å². The van der Waals surface area contributed by atoms with Gasteiger partial charge in [-0.05, 0) is 6.07 Å². The van der Waals surface area contributed by atoms with E-state index in [1.54, 1.807) is 11.8 Å². The third kappa shape index (κ3) is 3.28. The van der Waals surface area contributed by atoms with E-state index < -0.39 is 0 Å². The third-order valence-corrected chi connectivity index (χ3v) is 5.12. The topological polar surface area (TPSA) is 76.8 Å². The Bertz CT molecular complexity index is 677. The van der Waals surface area contributed by atoms with Crippen molar-refractivity contribution < 1.29 is 4.79 Å². The molecule has 0 atom stereocenters. The van der Waals surface area contributed by atoms with Crippen LogP contribution in [0.2, 0.25) is 0 Å². The van der Waals surface area contributed by atoms with Crippen LogP contribution >= 0.6 is 11.8 Å². The van der Waals surface area contributed by atoms with Crippen LogP contribution < -0.4 is 10.6 Å². The molecule has 0 spiro atoms. The van der Waals surface area contributed by atoms with Crippen LogP contribution in [0.25, 0.3) is 0 Å². The maximum Gasteiger partial charge on any atom is 0.220 e. The van der Waals surface area contributed by atoms with E-state index >= 15 is 0 Å². The summed E-state index contributed by atoms with van der Waals surface area (Å²) in [6.07, 6.45) is 3.18. The molecule has 1 amide bonds. The minimum absolute atomic E-state index is 0.0508. The third-order valence-electron chi connectivity index (χ3n) is 4.15. The van der Waals surface area contributed by atoms with E-state index in [9.17, 15) is 4.79 Å². The Labute approximate surface area is 138 Å². The van der Waals surface area contributed by atoms with Crippen molar-refractivity contribution in [1.82, 2.24) is 30.0 Å². The summed E-state index contributed by atoms with van der Waals surface area (Å²) in [7, 11) is 0. The summed E-state index contributed by atoms with van der Waals surface area (Å²) in [4.78, 5) is 16.5. The van der Waals surface area contributed by atoms with Gasteiger partial charge in [0.05, 0.1) is 30.2 Å². The first kappa shape index (κ1) is 14.8. The van der Waals surface area contributed by atoms with Crippen molar-refractivity contribution in [2.24, 2.45) is 0 Å². The highest BCUT2D eigenvalue weighted by Crippen LogP contribution is 2.24. The summed E-state index contributed by atoms with van der Waals surface area (Å²) in [5, 5.41) is 11.9. The molecule has 2 N–H and O–H groups in total. The average Bonchev–Trinajstić information content (AvgIpc) is 3.24. The van der Waals surface area contributed by atoms with E-state index in [4.69, 9.17) is 0 Å². The SMILES string of the molecule is O=C(CCc1cc2n(n1)CCNC2)NCc1cn2c(n1)SCC2. The number of hydrogen-bond acceptors (Lipinski definition) is 5. The van der Waals surface area contributed by atoms with Gasteiger partial charge in [0, 0.05) is 44.4 Å². The number of rotatable bonds is 5. The number of amides is 1. The molecule has 0 unspecified atom stereocenters. The van der Waals surface area contributed by atoms with Crippen LogP contribution in [0.15, 0.2) is 17.4 Å². The lowest BCUT2D eigenvalue weighted by atomic mass is 10.2. The van der Waals surface area contributed by atoms with E-state index in [0.29, 0.717) is 19.4 Å². The molecule has 2 aromatic heterocycles. The molecule has 2 aliphatic rings. The van der Waals surface area contributed by atoms with Gasteiger partial charge in [0.1, 0.15) is 0 Å². The standard InChI is InChI=1S/C15H20N6OS/c22-14(17-8-12-10-20-5-6-23-15(20)18-12)2-1-11-7-13-9-16-3-4-21(13)19-11/h7,10,16H,1-6,8-9H2,(H,17,22). The van der Waals surface area contributed by atoms with E-state index in [1.165, 1.54) is 5.69 Å². The Balaban J connectivity index is 1.26. The fourth-order valence-corrected chi connectivity index (χ4v) is 3.90. The number of aryl methyl sites for hydroxylation is 2. The number of carbonyl (C=O) groups is 1. The molecular formula is C15H20N6OS. The number of carbonyl (C=O) groups excluding carboxylic acids is 1. The quantitative estimate of drug-likeness (QED) is 0.836. The molecule has 0 saturated heterocycles. The molecule has 122 valence electrons. The van der Waals surface area contributed by atoms with E-state index in [2.05, 4.69) is 31.3 Å². The van der Waals surface area contributed by atoms with Gasteiger partial charge < -0.3 is 15.2 Å². The molecular weight excluding hydrogens is 312 g/mol. The highest BCUT2D eigenvalue weighted by molar-refractivity contribution is 7.99. The highest BCUT2D eigenvalue weighted by Gasteiger charge is 2.15. The van der Waals surface area contributed by atoms with Gasteiger partial charge in [-0.2, -0.15) is 5.10 Å². The van der Waals surface area contributed by atoms with Gasteiger partial charge in [-0.1, -0.05) is 11.8 Å². The second-order valence-electron chi connectivity index (χ2n) is 5.86. The number of imidazole rings is 1. The van der Waals surface area contributed by atoms with Gasteiger partial charge in [-0.3, -0.25) is 9.48 Å². The van der Waals surface area contributed by atoms with Crippen molar-refractivity contribution >= 4 is 17.7 Å². The Kier molecular flexibility index (Phi) is 4.09. The molecule has 4 rings (SSSR count). The maximum absolute atomic E-state index is 12.0. The zero-order chi connectivity index (χ0) is 15.6. The lowest BCUT2D eigenvalue weighted by Gasteiger charge is -2.13. The number of nitrogens with one attached hydrogen (secondary N) is 2. The fourth-order valence-electron chi connectivity index (χ4n) is 2.94. The number of hydrogen-bond donors (Lipinski definition) is 2. The molecule has 0 radical (unpaired) electrons. The second kappa shape index (κ2) is 6.37. The molecule has 4 heterocycles. The van der Waals surface area contributed by atoms with Gasteiger partial charge in [0.2, 0.25) is 5.91 Å². The van der Waals surface area contributed by atoms with Crippen molar-refractivity contribution in [1.29, 1.82) is 0 Å². The number of nitrogens with zero attached hydrogens (tertiary/aromatic N) is 4. The van der Waals surface area contributed by atoms with Gasteiger partial charge >= 0.3 is 0 Å². The number of fused-ring (bicyclic) bond motifs is 2. The average molecular weight is 332 g/mol. The van der Waals surface area contributed by atoms with Crippen molar-refractivity contribution in [2.75, 3.05) is 12.3 Å². The van der Waals surface area contributed by atoms with Crippen LogP contribution in [0.1, 0.15) is 23.5 Å². The summed E-state index contributed by atoms with van der Waals surface area (Å²) >= 11 is 1.77. The van der Waals surface area contributed by atoms with Crippen LogP contribution in [-0.4, -0.2) is 37.5 Å². The normalized spacial score (nSPS) is 16.2. The smallest absolute Gasteiger partial charge is 0.220 e. The molecule has 7 nitrogen and oxygen atoms in total. The lowest BCUT2D eigenvalue weighted by molar-refractivity contribution is -0.121. The van der Waals surface area contributed by atoms with Crippen molar-refractivity contribution in [3.63, 3.8) is 0 Å². The van der Waals surface area contributed by atoms with Crippen LogP contribution in [0.4, 0.5) is 0 Å².